The number of carboxylic acid groups (broad SMARTS) is 1. The van der Waals surface area contributed by atoms with E-state index in [0.717, 1.165) is 35.0 Å². The molecule has 1 aromatic carbocycles. The summed E-state index contributed by atoms with van der Waals surface area (Å²) in [5.74, 6) is -0.695. The van der Waals surface area contributed by atoms with Gasteiger partial charge in [0.05, 0.1) is 11.1 Å². The number of carbonyl (C=O) groups excluding carboxylic acids is 1. The molecule has 2 heterocycles. The van der Waals surface area contributed by atoms with Gasteiger partial charge in [0.1, 0.15) is 5.54 Å². The molecular formula is C20H22N2O3. The molecule has 130 valence electrons. The van der Waals surface area contributed by atoms with Crippen molar-refractivity contribution in [2.45, 2.75) is 51.0 Å². The summed E-state index contributed by atoms with van der Waals surface area (Å²) in [6, 6.07) is 7.81. The van der Waals surface area contributed by atoms with E-state index in [9.17, 15) is 14.7 Å². The molecule has 5 nitrogen and oxygen atoms in total. The number of amides is 1. The van der Waals surface area contributed by atoms with Crippen molar-refractivity contribution in [3.8, 4) is 0 Å². The van der Waals surface area contributed by atoms with E-state index in [2.05, 4.69) is 0 Å². The molecule has 5 heteroatoms. The van der Waals surface area contributed by atoms with Crippen LogP contribution < -0.4 is 0 Å². The van der Waals surface area contributed by atoms with Crippen LogP contribution in [0.3, 0.4) is 0 Å². The summed E-state index contributed by atoms with van der Waals surface area (Å²) in [7, 11) is 0. The Labute approximate surface area is 146 Å². The molecule has 1 aromatic heterocycles. The lowest BCUT2D eigenvalue weighted by molar-refractivity contribution is -0.147. The minimum atomic E-state index is -1.13. The van der Waals surface area contributed by atoms with E-state index < -0.39 is 11.5 Å². The SMILES string of the molecule is Cc1ccc2nc(C3CC3)cc(C(=O)N3CCCC3(C)C(=O)O)c2c1. The third-order valence-electron chi connectivity index (χ3n) is 5.56. The van der Waals surface area contributed by atoms with Crippen molar-refractivity contribution in [3.05, 3.63) is 41.1 Å². The van der Waals surface area contributed by atoms with E-state index in [0.29, 0.717) is 30.9 Å². The molecular weight excluding hydrogens is 316 g/mol. The molecule has 1 saturated heterocycles. The molecule has 1 atom stereocenters. The monoisotopic (exact) mass is 338 g/mol. The van der Waals surface area contributed by atoms with E-state index in [1.165, 1.54) is 4.90 Å². The van der Waals surface area contributed by atoms with Gasteiger partial charge in [-0.2, -0.15) is 0 Å². The highest BCUT2D eigenvalue weighted by atomic mass is 16.4. The Morgan fingerprint density at radius 2 is 2.04 bits per heavy atom. The fourth-order valence-electron chi connectivity index (χ4n) is 3.78. The molecule has 1 unspecified atom stereocenters. The van der Waals surface area contributed by atoms with Gasteiger partial charge in [0, 0.05) is 23.5 Å². The van der Waals surface area contributed by atoms with Gasteiger partial charge in [0.25, 0.3) is 5.91 Å². The Balaban J connectivity index is 1.85. The van der Waals surface area contributed by atoms with Gasteiger partial charge in [-0.3, -0.25) is 9.78 Å². The fourth-order valence-corrected chi connectivity index (χ4v) is 3.78. The van der Waals surface area contributed by atoms with Crippen LogP contribution in [0.25, 0.3) is 10.9 Å². The number of carbonyl (C=O) groups is 2. The normalized spacial score (nSPS) is 23.2. The molecule has 2 fully saturated rings. The molecule has 0 spiro atoms. The van der Waals surface area contributed by atoms with Gasteiger partial charge >= 0.3 is 5.97 Å². The first-order valence-corrected chi connectivity index (χ1v) is 8.87. The minimum absolute atomic E-state index is 0.192. The zero-order chi connectivity index (χ0) is 17.8. The average molecular weight is 338 g/mol. The number of pyridine rings is 1. The maximum atomic E-state index is 13.3. The number of carboxylic acids is 1. The molecule has 1 N–H and O–H groups in total. The third-order valence-corrected chi connectivity index (χ3v) is 5.56. The van der Waals surface area contributed by atoms with Crippen molar-refractivity contribution in [3.63, 3.8) is 0 Å². The Hall–Kier alpha value is -2.43. The van der Waals surface area contributed by atoms with Crippen molar-refractivity contribution in [2.24, 2.45) is 0 Å². The Morgan fingerprint density at radius 1 is 1.28 bits per heavy atom. The van der Waals surface area contributed by atoms with Gasteiger partial charge in [-0.05, 0) is 57.7 Å². The number of likely N-dealkylation sites (tertiary alicyclic amines) is 1. The first kappa shape index (κ1) is 16.1. The molecule has 2 aromatic rings. The molecule has 1 amide bonds. The summed E-state index contributed by atoms with van der Waals surface area (Å²) in [6.07, 6.45) is 3.42. The molecule has 2 aliphatic rings. The third kappa shape index (κ3) is 2.58. The lowest BCUT2D eigenvalue weighted by atomic mass is 9.97. The van der Waals surface area contributed by atoms with Crippen LogP contribution in [0.2, 0.25) is 0 Å². The van der Waals surface area contributed by atoms with Crippen LogP contribution in [0.4, 0.5) is 0 Å². The number of benzene rings is 1. The fraction of sp³-hybridized carbons (Fsp3) is 0.450. The summed E-state index contributed by atoms with van der Waals surface area (Å²) in [5.41, 5.74) is 2.29. The van der Waals surface area contributed by atoms with E-state index in [-0.39, 0.29) is 5.91 Å². The van der Waals surface area contributed by atoms with Crippen molar-refractivity contribution in [2.75, 3.05) is 6.54 Å². The number of aliphatic carboxylic acids is 1. The van der Waals surface area contributed by atoms with Crippen molar-refractivity contribution in [1.82, 2.24) is 9.88 Å². The zero-order valence-electron chi connectivity index (χ0n) is 14.6. The van der Waals surface area contributed by atoms with Gasteiger partial charge < -0.3 is 10.0 Å². The smallest absolute Gasteiger partial charge is 0.329 e. The Kier molecular flexibility index (Phi) is 3.56. The maximum absolute atomic E-state index is 13.3. The van der Waals surface area contributed by atoms with E-state index in [1.54, 1.807) is 6.92 Å². The van der Waals surface area contributed by atoms with Gasteiger partial charge in [-0.1, -0.05) is 11.6 Å². The van der Waals surface area contributed by atoms with Gasteiger partial charge in [0.15, 0.2) is 0 Å². The molecule has 25 heavy (non-hydrogen) atoms. The number of aryl methyl sites for hydroxylation is 1. The number of hydrogen-bond donors (Lipinski definition) is 1. The largest absolute Gasteiger partial charge is 0.480 e. The van der Waals surface area contributed by atoms with Crippen LogP contribution >= 0.6 is 0 Å². The molecule has 4 rings (SSSR count). The Morgan fingerprint density at radius 3 is 2.72 bits per heavy atom. The van der Waals surface area contributed by atoms with Crippen molar-refractivity contribution < 1.29 is 14.7 Å². The second-order valence-corrected chi connectivity index (χ2v) is 7.53. The average Bonchev–Trinajstić information content (AvgIpc) is 3.35. The predicted molar refractivity (Wildman–Crippen MR) is 94.8 cm³/mol. The molecule has 0 radical (unpaired) electrons. The highest BCUT2D eigenvalue weighted by Gasteiger charge is 2.46. The van der Waals surface area contributed by atoms with Crippen LogP contribution in [0, 0.1) is 6.92 Å². The zero-order valence-corrected chi connectivity index (χ0v) is 14.6. The summed E-state index contributed by atoms with van der Waals surface area (Å²) in [5, 5.41) is 10.5. The van der Waals surface area contributed by atoms with Crippen molar-refractivity contribution in [1.29, 1.82) is 0 Å². The summed E-state index contributed by atoms with van der Waals surface area (Å²) < 4.78 is 0. The van der Waals surface area contributed by atoms with E-state index >= 15 is 0 Å². The quantitative estimate of drug-likeness (QED) is 0.930. The topological polar surface area (TPSA) is 70.5 Å². The van der Waals surface area contributed by atoms with Gasteiger partial charge in [-0.15, -0.1) is 0 Å². The number of aromatic nitrogens is 1. The lowest BCUT2D eigenvalue weighted by Gasteiger charge is -2.31. The predicted octanol–water partition coefficient (Wildman–Crippen LogP) is 3.50. The number of nitrogens with zero attached hydrogens (tertiary/aromatic N) is 2. The number of hydrogen-bond acceptors (Lipinski definition) is 3. The molecule has 0 bridgehead atoms. The van der Waals surface area contributed by atoms with Crippen LogP contribution in [0.5, 0.6) is 0 Å². The minimum Gasteiger partial charge on any atom is -0.480 e. The van der Waals surface area contributed by atoms with Crippen molar-refractivity contribution >= 4 is 22.8 Å². The highest BCUT2D eigenvalue weighted by molar-refractivity contribution is 6.08. The standard InChI is InChI=1S/C20H22N2O3/c1-12-4-7-16-14(10-12)15(11-17(21-16)13-5-6-13)18(23)22-9-3-8-20(22,2)19(24)25/h4,7,10-11,13H,3,5-6,8-9H2,1-2H3,(H,24,25). The molecule has 1 saturated carbocycles. The second-order valence-electron chi connectivity index (χ2n) is 7.53. The molecule has 1 aliphatic carbocycles. The summed E-state index contributed by atoms with van der Waals surface area (Å²) in [6.45, 7) is 4.12. The first-order valence-electron chi connectivity index (χ1n) is 8.87. The van der Waals surface area contributed by atoms with Gasteiger partial charge in [0.2, 0.25) is 0 Å². The highest BCUT2D eigenvalue weighted by Crippen LogP contribution is 2.41. The number of rotatable bonds is 3. The summed E-state index contributed by atoms with van der Waals surface area (Å²) in [4.78, 5) is 31.4. The van der Waals surface area contributed by atoms with Crippen LogP contribution in [0.15, 0.2) is 24.3 Å². The van der Waals surface area contributed by atoms with Gasteiger partial charge in [-0.25, -0.2) is 4.79 Å². The van der Waals surface area contributed by atoms with Crippen LogP contribution in [0.1, 0.15) is 60.1 Å². The lowest BCUT2D eigenvalue weighted by Crippen LogP contribution is -2.50. The van der Waals surface area contributed by atoms with E-state index in [1.807, 2.05) is 31.2 Å². The first-order chi connectivity index (χ1) is 11.9. The summed E-state index contributed by atoms with van der Waals surface area (Å²) >= 11 is 0. The van der Waals surface area contributed by atoms with Crippen LogP contribution in [-0.4, -0.2) is 39.0 Å². The van der Waals surface area contributed by atoms with Crippen LogP contribution in [-0.2, 0) is 4.79 Å². The molecule has 1 aliphatic heterocycles. The maximum Gasteiger partial charge on any atom is 0.329 e. The van der Waals surface area contributed by atoms with E-state index in [4.69, 9.17) is 4.98 Å². The number of fused-ring (bicyclic) bond motifs is 1. The second kappa shape index (κ2) is 5.55. The Bertz CT molecular complexity index is 888.